The number of hydrogen-bond acceptors (Lipinski definition) is 11. The molecular weight excluding hydrogens is 834 g/mol. The number of thioether (sulfide) groups is 1. The summed E-state index contributed by atoms with van der Waals surface area (Å²) in [7, 11) is -4.38. The molecule has 0 radical (unpaired) electrons. The summed E-state index contributed by atoms with van der Waals surface area (Å²) in [5, 5.41) is 25.6. The van der Waals surface area contributed by atoms with Gasteiger partial charge in [-0.15, -0.1) is 0 Å². The topological polar surface area (TPSA) is 197 Å². The number of aliphatic carboxylic acids is 1. The zero-order valence-electron chi connectivity index (χ0n) is 32.5. The van der Waals surface area contributed by atoms with E-state index in [4.69, 9.17) is 17.3 Å². The molecule has 0 fully saturated rings. The summed E-state index contributed by atoms with van der Waals surface area (Å²) in [4.78, 5) is 41.4. The molecule has 6 rings (SSSR count). The van der Waals surface area contributed by atoms with Crippen LogP contribution in [0.25, 0.3) is 27.4 Å². The average Bonchev–Trinajstić information content (AvgIpc) is 3.71. The molecule has 0 bridgehead atoms. The van der Waals surface area contributed by atoms with Crippen LogP contribution < -0.4 is 20.5 Å². The van der Waals surface area contributed by atoms with E-state index in [-0.39, 0.29) is 18.4 Å². The van der Waals surface area contributed by atoms with Crippen molar-refractivity contribution < 1.29 is 42.1 Å². The summed E-state index contributed by atoms with van der Waals surface area (Å²) in [6, 6.07) is 19.6. The van der Waals surface area contributed by atoms with Gasteiger partial charge in [0.15, 0.2) is 12.6 Å². The first-order chi connectivity index (χ1) is 28.1. The summed E-state index contributed by atoms with van der Waals surface area (Å²) >= 11 is 9.70. The number of anilines is 1. The van der Waals surface area contributed by atoms with Gasteiger partial charge in [-0.05, 0) is 73.2 Å². The zero-order chi connectivity index (χ0) is 42.4. The number of carboxylic acid groups (broad SMARTS) is 1. The molecule has 3 atom stereocenters. The van der Waals surface area contributed by atoms with E-state index in [1.165, 1.54) is 18.0 Å². The van der Waals surface area contributed by atoms with Gasteiger partial charge in [-0.1, -0.05) is 78.0 Å². The number of amides is 2. The highest BCUT2D eigenvalue weighted by Crippen LogP contribution is 2.47. The lowest BCUT2D eigenvalue weighted by Crippen LogP contribution is -2.56. The van der Waals surface area contributed by atoms with E-state index in [9.17, 15) is 37.6 Å². The molecule has 59 heavy (non-hydrogen) atoms. The van der Waals surface area contributed by atoms with Gasteiger partial charge in [0.05, 0.1) is 26.9 Å². The molecule has 0 spiro atoms. The van der Waals surface area contributed by atoms with Gasteiger partial charge in [-0.2, -0.15) is 4.57 Å². The maximum Gasteiger partial charge on any atom is 0.329 e. The highest BCUT2D eigenvalue weighted by molar-refractivity contribution is 8.03. The van der Waals surface area contributed by atoms with E-state index >= 15 is 0 Å². The second-order valence-electron chi connectivity index (χ2n) is 14.4. The number of aliphatic hydroxyl groups excluding tert-OH is 1. The predicted molar refractivity (Wildman–Crippen MR) is 231 cm³/mol. The van der Waals surface area contributed by atoms with E-state index in [1.807, 2.05) is 48.5 Å². The number of benzene rings is 3. The fraction of sp³-hybridized carbons (Fsp3) is 0.333. The van der Waals surface area contributed by atoms with E-state index in [1.54, 1.807) is 23.1 Å². The lowest BCUT2D eigenvalue weighted by Gasteiger charge is -2.38. The largest absolute Gasteiger partial charge is 0.748 e. The van der Waals surface area contributed by atoms with Crippen molar-refractivity contribution in [1.29, 1.82) is 0 Å². The second kappa shape index (κ2) is 19.1. The van der Waals surface area contributed by atoms with Gasteiger partial charge in [0.2, 0.25) is 17.3 Å². The molecular formula is C42H46ClN5O8S3. The molecule has 2 aliphatic heterocycles. The molecule has 13 nitrogen and oxygen atoms in total. The quantitative estimate of drug-likeness (QED) is 0.0563. The van der Waals surface area contributed by atoms with Gasteiger partial charge < -0.3 is 35.6 Å². The highest BCUT2D eigenvalue weighted by atomic mass is 35.5. The first kappa shape index (κ1) is 43.9. The minimum Gasteiger partial charge on any atom is -0.748 e. The molecule has 3 unspecified atom stereocenters. The van der Waals surface area contributed by atoms with Gasteiger partial charge in [0.1, 0.15) is 10.7 Å². The first-order valence-electron chi connectivity index (χ1n) is 19.2. The Kier molecular flexibility index (Phi) is 14.2. The molecule has 1 aromatic heterocycles. The highest BCUT2D eigenvalue weighted by Gasteiger charge is 2.40. The molecule has 312 valence electrons. The number of rotatable bonds is 17. The van der Waals surface area contributed by atoms with Crippen LogP contribution in [0.5, 0.6) is 0 Å². The number of unbranched alkanes of at least 4 members (excludes halogenated alkanes) is 1. The minimum atomic E-state index is -4.38. The Morgan fingerprint density at radius 3 is 2.54 bits per heavy atom. The summed E-state index contributed by atoms with van der Waals surface area (Å²) < 4.78 is 37.8. The number of hydrogen-bond donors (Lipinski definition) is 4. The molecule has 2 amide bonds. The van der Waals surface area contributed by atoms with Crippen LogP contribution in [0.3, 0.4) is 0 Å². The lowest BCUT2D eigenvalue weighted by atomic mass is 9.95. The molecule has 0 saturated carbocycles. The van der Waals surface area contributed by atoms with Gasteiger partial charge in [-0.3, -0.25) is 9.59 Å². The van der Waals surface area contributed by atoms with Crippen molar-refractivity contribution >= 4 is 84.6 Å². The number of fused-ring (bicyclic) bond motifs is 2. The molecule has 0 saturated heterocycles. The summed E-state index contributed by atoms with van der Waals surface area (Å²) in [6.45, 7) is 4.84. The maximum atomic E-state index is 13.2. The minimum absolute atomic E-state index is 0.0392. The van der Waals surface area contributed by atoms with E-state index in [2.05, 4.69) is 52.1 Å². The van der Waals surface area contributed by atoms with E-state index in [0.29, 0.717) is 43.9 Å². The third-order valence-corrected chi connectivity index (χ3v) is 13.5. The number of aliphatic hydroxyl groups is 1. The van der Waals surface area contributed by atoms with Crippen LogP contribution in [0.4, 0.5) is 5.69 Å². The number of carbonyl (C=O) groups is 3. The van der Waals surface area contributed by atoms with Crippen LogP contribution in [-0.2, 0) is 31.0 Å². The fourth-order valence-electron chi connectivity index (χ4n) is 7.17. The van der Waals surface area contributed by atoms with Gasteiger partial charge in [0.25, 0.3) is 5.01 Å². The van der Waals surface area contributed by atoms with Crippen LogP contribution >= 0.6 is 34.7 Å². The zero-order valence-corrected chi connectivity index (χ0v) is 35.7. The van der Waals surface area contributed by atoms with Crippen molar-refractivity contribution in [2.24, 2.45) is 5.73 Å². The van der Waals surface area contributed by atoms with Crippen LogP contribution in [0.15, 0.2) is 100 Å². The maximum absolute atomic E-state index is 13.2. The number of aromatic nitrogens is 1. The Hall–Kier alpha value is -4.71. The van der Waals surface area contributed by atoms with Crippen molar-refractivity contribution in [3.8, 4) is 11.1 Å². The van der Waals surface area contributed by atoms with E-state index < -0.39 is 51.8 Å². The Labute approximate surface area is 356 Å². The number of thiazole rings is 1. The molecule has 3 aromatic carbocycles. The van der Waals surface area contributed by atoms with Gasteiger partial charge >= 0.3 is 5.97 Å². The molecule has 4 aromatic rings. The number of carboxylic acids is 1. The van der Waals surface area contributed by atoms with Crippen molar-refractivity contribution in [2.45, 2.75) is 75.6 Å². The number of aryl methyl sites for hydroxylation is 1. The van der Waals surface area contributed by atoms with Crippen LogP contribution in [-0.4, -0.2) is 82.9 Å². The molecule has 17 heteroatoms. The number of primary amides is 1. The first-order valence-corrected chi connectivity index (χ1v) is 22.8. The van der Waals surface area contributed by atoms with Crippen molar-refractivity contribution in [3.63, 3.8) is 0 Å². The van der Waals surface area contributed by atoms with Crippen molar-refractivity contribution in [2.75, 3.05) is 23.7 Å². The van der Waals surface area contributed by atoms with Crippen molar-refractivity contribution in [3.05, 3.63) is 105 Å². The standard InChI is InChI=1S/C42H46ClN5O8S3/c1-3-27(21-38-47(18-9-19-59(54,55)56)32-22-29(12-14-35(32)57-38)28-10-5-4-6-11-28)20-37-46(33-24-31(43)13-15-36(33)58-37)17-8-7-16-45-41(51)26(2)48-25-30(40(44)50)23-34(49)39(48)42(52)53/h4-6,10-15,20-22,24-26,34,39,49H,3,7-9,16-19,23H2,1-2H3,(H4-,44,45,50,51,52,53,54,55,56). The van der Waals surface area contributed by atoms with Crippen LogP contribution in [0.2, 0.25) is 5.02 Å². The summed E-state index contributed by atoms with van der Waals surface area (Å²) in [5.41, 5.74) is 10.5. The molecule has 2 aliphatic rings. The number of carbonyl (C=O) groups excluding carboxylic acids is 2. The number of nitrogens with two attached hydrogens (primary N) is 1. The predicted octanol–water partition coefficient (Wildman–Crippen LogP) is 5.87. The number of nitrogens with zero attached hydrogens (tertiary/aromatic N) is 3. The number of halogens is 1. The number of nitrogens with one attached hydrogen (secondary N) is 1. The summed E-state index contributed by atoms with van der Waals surface area (Å²) in [6.07, 6.45) is 6.04. The molecule has 5 N–H and O–H groups in total. The number of allylic oxidation sites excluding steroid dienone is 2. The lowest BCUT2D eigenvalue weighted by molar-refractivity contribution is -0.668. The van der Waals surface area contributed by atoms with E-state index in [0.717, 1.165) is 47.5 Å². The Bertz CT molecular complexity index is 2440. The van der Waals surface area contributed by atoms with Crippen LogP contribution in [0, 0.1) is 0 Å². The Morgan fingerprint density at radius 1 is 1.08 bits per heavy atom. The second-order valence-corrected chi connectivity index (χ2v) is 18.5. The van der Waals surface area contributed by atoms with Crippen molar-refractivity contribution in [1.82, 2.24) is 10.2 Å². The Balaban J connectivity index is 1.20. The van der Waals surface area contributed by atoms with Crippen LogP contribution in [0.1, 0.15) is 51.0 Å². The van der Waals surface area contributed by atoms with Gasteiger partial charge in [-0.25, -0.2) is 13.2 Å². The third kappa shape index (κ3) is 10.7. The Morgan fingerprint density at radius 2 is 1.85 bits per heavy atom. The third-order valence-electron chi connectivity index (χ3n) is 10.3. The molecule has 0 aliphatic carbocycles. The summed E-state index contributed by atoms with van der Waals surface area (Å²) in [5.74, 6) is -3.03. The monoisotopic (exact) mass is 879 g/mol. The normalized spacial score (nSPS) is 18.2. The SMILES string of the molecule is CCC(/C=C1\Sc2ccc(Cl)cc2N1CCCCNC(=O)C(C)N1C=C(C(N)=O)CC(O)C1C(=O)O)=C\c1sc2ccc(-c3ccccc3)cc2[n+]1CCCS(=O)(=O)[O-]. The molecule has 3 heterocycles. The van der Waals surface area contributed by atoms with Gasteiger partial charge in [0, 0.05) is 65.5 Å². The average molecular weight is 881 g/mol. The smallest absolute Gasteiger partial charge is 0.329 e. The fourth-order valence-corrected chi connectivity index (χ4v) is 10.1.